The average Bonchev–Trinajstić information content (AvgIpc) is 2.29. The van der Waals surface area contributed by atoms with Gasteiger partial charge in [0.2, 0.25) is 5.90 Å². The van der Waals surface area contributed by atoms with Gasteiger partial charge in [-0.25, -0.2) is 13.2 Å². The van der Waals surface area contributed by atoms with E-state index in [-0.39, 0.29) is 23.9 Å². The number of ether oxygens (including phenoxy) is 2. The monoisotopic (exact) mass is 307 g/mol. The zero-order valence-corrected chi connectivity index (χ0v) is 11.8. The first kappa shape index (κ1) is 17.4. The smallest absolute Gasteiger partial charge is 0.434 e. The van der Waals surface area contributed by atoms with Crippen molar-refractivity contribution >= 4 is 34.3 Å². The Kier molecular flexibility index (Phi) is 7.10. The van der Waals surface area contributed by atoms with Gasteiger partial charge < -0.3 is 9.47 Å². The van der Waals surface area contributed by atoms with E-state index in [9.17, 15) is 13.2 Å². The van der Waals surface area contributed by atoms with E-state index in [1.807, 2.05) is 0 Å². The molecule has 0 unspecified atom stereocenters. The molecule has 0 aliphatic rings. The third-order valence-corrected chi connectivity index (χ3v) is 3.52. The van der Waals surface area contributed by atoms with Crippen LogP contribution in [-0.4, -0.2) is 32.8 Å². The van der Waals surface area contributed by atoms with Gasteiger partial charge in [0, 0.05) is 0 Å². The van der Waals surface area contributed by atoms with E-state index in [0.29, 0.717) is 0 Å². The van der Waals surface area contributed by atoms with Crippen molar-refractivity contribution in [3.05, 3.63) is 30.3 Å². The highest BCUT2D eigenvalue weighted by atomic mass is 35.5. The fourth-order valence-electron chi connectivity index (χ4n) is 1.16. The van der Waals surface area contributed by atoms with Crippen LogP contribution in [0.25, 0.3) is 0 Å². The Hall–Kier alpha value is -1.60. The predicted octanol–water partition coefficient (Wildman–Crippen LogP) is 2.03. The van der Waals surface area contributed by atoms with E-state index in [1.54, 1.807) is 25.1 Å². The first-order chi connectivity index (χ1) is 8.45. The van der Waals surface area contributed by atoms with Crippen LogP contribution >= 0.6 is 12.4 Å². The average molecular weight is 308 g/mol. The highest BCUT2D eigenvalue weighted by molar-refractivity contribution is 7.92. The van der Waals surface area contributed by atoms with E-state index in [4.69, 9.17) is 5.41 Å². The largest absolute Gasteiger partial charge is 0.514 e. The summed E-state index contributed by atoms with van der Waals surface area (Å²) < 4.78 is 32.4. The molecule has 0 heterocycles. The number of hydrogen-bond donors (Lipinski definition) is 1. The molecule has 0 atom stereocenters. The quantitative estimate of drug-likeness (QED) is 0.522. The molecular formula is C11H14ClNO5S. The molecule has 1 rings (SSSR count). The number of hydrogen-bond acceptors (Lipinski definition) is 6. The van der Waals surface area contributed by atoms with Gasteiger partial charge in [0.05, 0.1) is 11.5 Å². The van der Waals surface area contributed by atoms with Crippen LogP contribution in [0, 0.1) is 5.41 Å². The van der Waals surface area contributed by atoms with E-state index >= 15 is 0 Å². The molecule has 0 radical (unpaired) electrons. The Morgan fingerprint density at radius 2 is 1.84 bits per heavy atom. The number of nitrogens with one attached hydrogen (secondary N) is 1. The predicted molar refractivity (Wildman–Crippen MR) is 71.6 cm³/mol. The van der Waals surface area contributed by atoms with E-state index in [1.165, 1.54) is 12.1 Å². The lowest BCUT2D eigenvalue weighted by molar-refractivity contribution is 0.0999. The second kappa shape index (κ2) is 7.75. The van der Waals surface area contributed by atoms with Crippen LogP contribution in [0.5, 0.6) is 0 Å². The molecule has 0 aliphatic carbocycles. The van der Waals surface area contributed by atoms with Gasteiger partial charge >= 0.3 is 6.16 Å². The number of carbonyl (C=O) groups is 1. The summed E-state index contributed by atoms with van der Waals surface area (Å²) in [5.41, 5.74) is 0. The topological polar surface area (TPSA) is 93.5 Å². The summed E-state index contributed by atoms with van der Waals surface area (Å²) >= 11 is 0. The first-order valence-electron chi connectivity index (χ1n) is 5.15. The summed E-state index contributed by atoms with van der Waals surface area (Å²) in [5.74, 6) is -1.35. The Balaban J connectivity index is 0.00000324. The lowest BCUT2D eigenvalue weighted by Crippen LogP contribution is -2.21. The maximum Gasteiger partial charge on any atom is 0.514 e. The zero-order valence-electron chi connectivity index (χ0n) is 10.2. The van der Waals surface area contributed by atoms with Crippen molar-refractivity contribution in [2.45, 2.75) is 11.8 Å². The van der Waals surface area contributed by atoms with Crippen molar-refractivity contribution in [1.82, 2.24) is 0 Å². The number of benzene rings is 1. The van der Waals surface area contributed by atoms with E-state index in [2.05, 4.69) is 9.47 Å². The van der Waals surface area contributed by atoms with Gasteiger partial charge in [0.1, 0.15) is 5.75 Å². The number of sulfone groups is 1. The number of rotatable bonds is 4. The minimum absolute atomic E-state index is 0. The lowest BCUT2D eigenvalue weighted by atomic mass is 10.4. The maximum atomic E-state index is 11.8. The highest BCUT2D eigenvalue weighted by Gasteiger charge is 2.19. The van der Waals surface area contributed by atoms with Crippen molar-refractivity contribution in [1.29, 1.82) is 5.41 Å². The van der Waals surface area contributed by atoms with Gasteiger partial charge in [-0.05, 0) is 19.1 Å². The summed E-state index contributed by atoms with van der Waals surface area (Å²) in [5, 5.41) is 7.30. The fourth-order valence-corrected chi connectivity index (χ4v) is 2.30. The van der Waals surface area contributed by atoms with Crippen molar-refractivity contribution in [3.63, 3.8) is 0 Å². The molecule has 1 N–H and O–H groups in total. The molecule has 19 heavy (non-hydrogen) atoms. The van der Waals surface area contributed by atoms with Crippen LogP contribution in [0.3, 0.4) is 0 Å². The molecule has 1 aromatic carbocycles. The van der Waals surface area contributed by atoms with Gasteiger partial charge in [-0.1, -0.05) is 18.2 Å². The number of halogens is 1. The summed E-state index contributed by atoms with van der Waals surface area (Å²) in [6.45, 7) is 1.67. The minimum atomic E-state index is -3.68. The molecule has 0 bridgehead atoms. The molecule has 1 aromatic rings. The molecule has 6 nitrogen and oxygen atoms in total. The minimum Gasteiger partial charge on any atom is -0.434 e. The summed E-state index contributed by atoms with van der Waals surface area (Å²) in [6.07, 6.45) is -1.08. The second-order valence-electron chi connectivity index (χ2n) is 3.28. The lowest BCUT2D eigenvalue weighted by Gasteiger charge is -2.06. The van der Waals surface area contributed by atoms with Gasteiger partial charge in [-0.15, -0.1) is 12.4 Å². The van der Waals surface area contributed by atoms with Crippen molar-refractivity contribution in [2.24, 2.45) is 0 Å². The molecule has 0 amide bonds. The highest BCUT2D eigenvalue weighted by Crippen LogP contribution is 2.10. The van der Waals surface area contributed by atoms with Gasteiger partial charge in [-0.2, -0.15) is 0 Å². The van der Waals surface area contributed by atoms with E-state index in [0.717, 1.165) is 0 Å². The van der Waals surface area contributed by atoms with Crippen LogP contribution in [0.4, 0.5) is 4.79 Å². The molecule has 0 aliphatic heterocycles. The van der Waals surface area contributed by atoms with Gasteiger partial charge in [-0.3, -0.25) is 5.41 Å². The standard InChI is InChI=1S/C11H13NO5S.ClH/c1-2-16-11(13)17-10(12)8-18(14,15)9-6-4-3-5-7-9;/h3-7,12H,2,8H2,1H3;1H. The molecule has 0 spiro atoms. The third kappa shape index (κ3) is 5.71. The Bertz CT molecular complexity index is 529. The van der Waals surface area contributed by atoms with Crippen LogP contribution < -0.4 is 0 Å². The van der Waals surface area contributed by atoms with Crippen LogP contribution in [0.1, 0.15) is 6.92 Å². The summed E-state index contributed by atoms with van der Waals surface area (Å²) in [7, 11) is -3.68. The second-order valence-corrected chi connectivity index (χ2v) is 5.27. The molecule has 0 aromatic heterocycles. The van der Waals surface area contributed by atoms with Gasteiger partial charge in [0.25, 0.3) is 0 Å². The molecular weight excluding hydrogens is 294 g/mol. The normalized spacial score (nSPS) is 10.2. The summed E-state index contributed by atoms with van der Waals surface area (Å²) in [6, 6.07) is 7.64. The van der Waals surface area contributed by atoms with Crippen molar-refractivity contribution in [3.8, 4) is 0 Å². The Morgan fingerprint density at radius 3 is 2.37 bits per heavy atom. The van der Waals surface area contributed by atoms with Crippen LogP contribution in [-0.2, 0) is 19.3 Å². The SMILES string of the molecule is CCOC(=O)OC(=N)CS(=O)(=O)c1ccccc1.Cl. The van der Waals surface area contributed by atoms with Gasteiger partial charge in [0.15, 0.2) is 9.84 Å². The summed E-state index contributed by atoms with van der Waals surface area (Å²) in [4.78, 5) is 11.0. The number of carbonyl (C=O) groups excluding carboxylic acids is 1. The zero-order chi connectivity index (χ0) is 13.6. The van der Waals surface area contributed by atoms with Crippen molar-refractivity contribution in [2.75, 3.05) is 12.4 Å². The Labute approximate surface area is 117 Å². The third-order valence-electron chi connectivity index (χ3n) is 1.89. The molecule has 0 saturated heterocycles. The van der Waals surface area contributed by atoms with Crippen molar-refractivity contribution < 1.29 is 22.7 Å². The molecule has 8 heteroatoms. The molecule has 106 valence electrons. The van der Waals surface area contributed by atoms with E-state index < -0.39 is 27.6 Å². The molecule has 0 saturated carbocycles. The first-order valence-corrected chi connectivity index (χ1v) is 6.80. The fraction of sp³-hybridized carbons (Fsp3) is 0.273. The maximum absolute atomic E-state index is 11.8. The molecule has 0 fully saturated rings. The van der Waals surface area contributed by atoms with Crippen LogP contribution in [0.15, 0.2) is 35.2 Å². The van der Waals surface area contributed by atoms with Crippen LogP contribution in [0.2, 0.25) is 0 Å². The Morgan fingerprint density at radius 1 is 1.26 bits per heavy atom.